The molecule has 0 saturated carbocycles. The second-order valence-electron chi connectivity index (χ2n) is 10.7. The number of aryl methyl sites for hydroxylation is 1. The Morgan fingerprint density at radius 3 is 2.05 bits per heavy atom. The zero-order valence-electron chi connectivity index (χ0n) is 22.4. The van der Waals surface area contributed by atoms with Gasteiger partial charge in [0.15, 0.2) is 0 Å². The van der Waals surface area contributed by atoms with Crippen molar-refractivity contribution in [3.05, 3.63) is 127 Å². The van der Waals surface area contributed by atoms with Crippen LogP contribution in [0.1, 0.15) is 30.9 Å². The van der Waals surface area contributed by atoms with Gasteiger partial charge in [-0.25, -0.2) is 0 Å². The van der Waals surface area contributed by atoms with Crippen molar-refractivity contribution in [2.45, 2.75) is 26.7 Å². The van der Waals surface area contributed by atoms with Gasteiger partial charge in [-0.1, -0.05) is 104 Å². The van der Waals surface area contributed by atoms with Crippen molar-refractivity contribution >= 4 is 32.5 Å². The predicted octanol–water partition coefficient (Wildman–Crippen LogP) is 10.6. The van der Waals surface area contributed by atoms with Gasteiger partial charge in [-0.3, -0.25) is 4.98 Å². The standard InChI is InChI=1S/C37H29NO/c1-23(2)31-18-24(3)19-33-28(31)14-15-30-29(33)16-17-38-37(30)27-20-32(25-10-6-4-7-11-25)34-22-35(39-36(34)21-27)26-12-8-5-9-13-26/h4-23H,1-3H3. The highest BCUT2D eigenvalue weighted by molar-refractivity contribution is 6.13. The summed E-state index contributed by atoms with van der Waals surface area (Å²) in [6, 6.07) is 38.7. The van der Waals surface area contributed by atoms with Gasteiger partial charge in [0.05, 0.1) is 5.69 Å². The highest BCUT2D eigenvalue weighted by Gasteiger charge is 2.17. The average molecular weight is 504 g/mol. The van der Waals surface area contributed by atoms with Crippen LogP contribution in [0.15, 0.2) is 120 Å². The number of rotatable bonds is 4. The summed E-state index contributed by atoms with van der Waals surface area (Å²) in [6.07, 6.45) is 1.94. The average Bonchev–Trinajstić information content (AvgIpc) is 3.41. The Kier molecular flexibility index (Phi) is 5.56. The normalized spacial score (nSPS) is 11.7. The van der Waals surface area contributed by atoms with Gasteiger partial charge in [0, 0.05) is 28.1 Å². The van der Waals surface area contributed by atoms with Crippen LogP contribution in [0.25, 0.3) is 66.2 Å². The number of benzene rings is 5. The molecule has 0 aliphatic carbocycles. The molecule has 7 rings (SSSR count). The van der Waals surface area contributed by atoms with Crippen LogP contribution < -0.4 is 0 Å². The lowest BCUT2D eigenvalue weighted by molar-refractivity contribution is 0.632. The number of fused-ring (bicyclic) bond motifs is 4. The third-order valence-electron chi connectivity index (χ3n) is 7.73. The molecule has 5 aromatic carbocycles. The summed E-state index contributed by atoms with van der Waals surface area (Å²) < 4.78 is 6.49. The number of hydrogen-bond acceptors (Lipinski definition) is 2. The van der Waals surface area contributed by atoms with Crippen LogP contribution in [0.5, 0.6) is 0 Å². The summed E-state index contributed by atoms with van der Waals surface area (Å²) in [7, 11) is 0. The van der Waals surface area contributed by atoms with Gasteiger partial charge in [0.25, 0.3) is 0 Å². The molecule has 2 aromatic heterocycles. The van der Waals surface area contributed by atoms with Crippen molar-refractivity contribution in [2.75, 3.05) is 0 Å². The second-order valence-corrected chi connectivity index (χ2v) is 10.7. The van der Waals surface area contributed by atoms with E-state index in [1.165, 1.54) is 27.3 Å². The maximum atomic E-state index is 6.49. The molecular weight excluding hydrogens is 474 g/mol. The molecule has 0 N–H and O–H groups in total. The highest BCUT2D eigenvalue weighted by Crippen LogP contribution is 2.41. The van der Waals surface area contributed by atoms with Crippen LogP contribution in [0, 0.1) is 6.92 Å². The Hall–Kier alpha value is -4.69. The molecule has 0 atom stereocenters. The molecule has 0 amide bonds. The monoisotopic (exact) mass is 503 g/mol. The molecule has 7 aromatic rings. The first-order valence-corrected chi connectivity index (χ1v) is 13.6. The van der Waals surface area contributed by atoms with Crippen molar-refractivity contribution in [1.29, 1.82) is 0 Å². The van der Waals surface area contributed by atoms with Crippen LogP contribution in [0.4, 0.5) is 0 Å². The summed E-state index contributed by atoms with van der Waals surface area (Å²) in [6.45, 7) is 6.72. The third-order valence-corrected chi connectivity index (χ3v) is 7.73. The van der Waals surface area contributed by atoms with Gasteiger partial charge < -0.3 is 4.42 Å². The zero-order valence-corrected chi connectivity index (χ0v) is 22.4. The van der Waals surface area contributed by atoms with E-state index in [1.54, 1.807) is 0 Å². The smallest absolute Gasteiger partial charge is 0.136 e. The van der Waals surface area contributed by atoms with E-state index in [4.69, 9.17) is 9.40 Å². The van der Waals surface area contributed by atoms with Gasteiger partial charge in [-0.05, 0) is 70.0 Å². The van der Waals surface area contributed by atoms with E-state index in [9.17, 15) is 0 Å². The topological polar surface area (TPSA) is 26.0 Å². The number of hydrogen-bond donors (Lipinski definition) is 0. The van der Waals surface area contributed by atoms with Gasteiger partial charge in [-0.15, -0.1) is 0 Å². The molecule has 0 bridgehead atoms. The minimum absolute atomic E-state index is 0.458. The summed E-state index contributed by atoms with van der Waals surface area (Å²) >= 11 is 0. The van der Waals surface area contributed by atoms with Crippen molar-refractivity contribution in [1.82, 2.24) is 4.98 Å². The van der Waals surface area contributed by atoms with E-state index in [0.29, 0.717) is 5.92 Å². The molecule has 0 unspecified atom stereocenters. The van der Waals surface area contributed by atoms with Crippen LogP contribution in [-0.2, 0) is 0 Å². The Morgan fingerprint density at radius 2 is 1.31 bits per heavy atom. The minimum Gasteiger partial charge on any atom is -0.456 e. The molecule has 0 aliphatic rings. The van der Waals surface area contributed by atoms with Crippen LogP contribution in [0.2, 0.25) is 0 Å². The Balaban J connectivity index is 1.50. The molecule has 0 radical (unpaired) electrons. The lowest BCUT2D eigenvalue weighted by Crippen LogP contribution is -1.93. The van der Waals surface area contributed by atoms with E-state index >= 15 is 0 Å². The fraction of sp³-hybridized carbons (Fsp3) is 0.108. The molecule has 2 nitrogen and oxygen atoms in total. The molecule has 0 saturated heterocycles. The Morgan fingerprint density at radius 1 is 0.590 bits per heavy atom. The van der Waals surface area contributed by atoms with Crippen molar-refractivity contribution in [2.24, 2.45) is 0 Å². The maximum absolute atomic E-state index is 6.49. The number of nitrogens with zero attached hydrogens (tertiary/aromatic N) is 1. The fourth-order valence-electron chi connectivity index (χ4n) is 5.86. The zero-order chi connectivity index (χ0) is 26.5. The van der Waals surface area contributed by atoms with Gasteiger partial charge in [-0.2, -0.15) is 0 Å². The lowest BCUT2D eigenvalue weighted by atomic mass is 9.90. The third kappa shape index (κ3) is 4.00. The first-order chi connectivity index (χ1) is 19.1. The first kappa shape index (κ1) is 23.4. The van der Waals surface area contributed by atoms with E-state index in [-0.39, 0.29) is 0 Å². The van der Waals surface area contributed by atoms with Gasteiger partial charge in [0.1, 0.15) is 11.3 Å². The summed E-state index contributed by atoms with van der Waals surface area (Å²) in [5.41, 5.74) is 8.94. The van der Waals surface area contributed by atoms with Crippen molar-refractivity contribution in [3.8, 4) is 33.7 Å². The van der Waals surface area contributed by atoms with Crippen LogP contribution in [-0.4, -0.2) is 4.98 Å². The molecule has 0 fully saturated rings. The SMILES string of the molecule is Cc1cc(C(C)C)c2ccc3c(-c4cc(-c5ccccc5)c5cc(-c6ccccc6)oc5c4)nccc3c2c1. The Labute approximate surface area is 228 Å². The molecule has 0 spiro atoms. The summed E-state index contributed by atoms with van der Waals surface area (Å²) in [5.74, 6) is 1.33. The first-order valence-electron chi connectivity index (χ1n) is 13.6. The number of aromatic nitrogens is 1. The van der Waals surface area contributed by atoms with E-state index < -0.39 is 0 Å². The quantitative estimate of drug-likeness (QED) is 0.223. The molecule has 2 heterocycles. The summed E-state index contributed by atoms with van der Waals surface area (Å²) in [5, 5.41) is 6.09. The predicted molar refractivity (Wildman–Crippen MR) is 164 cm³/mol. The van der Waals surface area contributed by atoms with E-state index in [0.717, 1.165) is 50.1 Å². The fourth-order valence-corrected chi connectivity index (χ4v) is 5.86. The van der Waals surface area contributed by atoms with Crippen molar-refractivity contribution < 1.29 is 4.42 Å². The second kappa shape index (κ2) is 9.25. The van der Waals surface area contributed by atoms with Gasteiger partial charge >= 0.3 is 0 Å². The van der Waals surface area contributed by atoms with Crippen LogP contribution in [0.3, 0.4) is 0 Å². The molecule has 2 heteroatoms. The Bertz CT molecular complexity index is 1980. The molecule has 188 valence electrons. The largest absolute Gasteiger partial charge is 0.456 e. The summed E-state index contributed by atoms with van der Waals surface area (Å²) in [4.78, 5) is 4.93. The van der Waals surface area contributed by atoms with E-state index in [1.807, 2.05) is 24.4 Å². The minimum atomic E-state index is 0.458. The molecule has 0 aliphatic heterocycles. The van der Waals surface area contributed by atoms with Crippen molar-refractivity contribution in [3.63, 3.8) is 0 Å². The molecule has 39 heavy (non-hydrogen) atoms. The van der Waals surface area contributed by atoms with Gasteiger partial charge in [0.2, 0.25) is 0 Å². The number of pyridine rings is 1. The highest BCUT2D eigenvalue weighted by atomic mass is 16.3. The lowest BCUT2D eigenvalue weighted by Gasteiger charge is -2.15. The molecular formula is C37H29NO. The maximum Gasteiger partial charge on any atom is 0.136 e. The number of furan rings is 1. The van der Waals surface area contributed by atoms with Crippen LogP contribution >= 0.6 is 0 Å². The van der Waals surface area contributed by atoms with E-state index in [2.05, 4.69) is 112 Å².